The Morgan fingerprint density at radius 2 is 1.57 bits per heavy atom. The first-order valence-electron chi connectivity index (χ1n) is 7.57. The fraction of sp³-hybridized carbons (Fsp3) is 0.250. The average molecular weight is 273 g/mol. The molecule has 21 heavy (non-hydrogen) atoms. The van der Waals surface area contributed by atoms with Gasteiger partial charge in [-0.15, -0.1) is 0 Å². The van der Waals surface area contributed by atoms with E-state index in [0.29, 0.717) is 12.3 Å². The van der Waals surface area contributed by atoms with Crippen LogP contribution in [0.2, 0.25) is 0 Å². The lowest BCUT2D eigenvalue weighted by molar-refractivity contribution is 0.643. The monoisotopic (exact) mass is 273 g/mol. The van der Waals surface area contributed by atoms with Gasteiger partial charge in [0.1, 0.15) is 0 Å². The van der Waals surface area contributed by atoms with Crippen molar-refractivity contribution in [2.45, 2.75) is 32.1 Å². The van der Waals surface area contributed by atoms with Crippen LogP contribution >= 0.6 is 0 Å². The SMILES string of the molecule is CC(CCCC#N)c1ccc2cc3ccccc3cc2c1. The minimum Gasteiger partial charge on any atom is -0.198 e. The molecule has 3 aromatic rings. The van der Waals surface area contributed by atoms with Crippen molar-refractivity contribution in [3.63, 3.8) is 0 Å². The number of hydrogen-bond acceptors (Lipinski definition) is 1. The molecule has 0 aliphatic carbocycles. The van der Waals surface area contributed by atoms with Crippen LogP contribution in [0.1, 0.15) is 37.7 Å². The molecule has 0 N–H and O–H groups in total. The van der Waals surface area contributed by atoms with Gasteiger partial charge in [0.05, 0.1) is 6.07 Å². The molecule has 0 aromatic heterocycles. The smallest absolute Gasteiger partial charge is 0.0621 e. The van der Waals surface area contributed by atoms with Crippen molar-refractivity contribution >= 4 is 21.5 Å². The van der Waals surface area contributed by atoms with Crippen molar-refractivity contribution in [2.24, 2.45) is 0 Å². The van der Waals surface area contributed by atoms with Gasteiger partial charge < -0.3 is 0 Å². The molecule has 0 aliphatic heterocycles. The van der Waals surface area contributed by atoms with E-state index in [1.54, 1.807) is 0 Å². The lowest BCUT2D eigenvalue weighted by atomic mass is 9.93. The fourth-order valence-corrected chi connectivity index (χ4v) is 2.92. The number of fused-ring (bicyclic) bond motifs is 2. The third kappa shape index (κ3) is 2.90. The molecule has 1 unspecified atom stereocenters. The van der Waals surface area contributed by atoms with Crippen molar-refractivity contribution < 1.29 is 0 Å². The first kappa shape index (κ1) is 13.6. The second-order valence-corrected chi connectivity index (χ2v) is 5.76. The van der Waals surface area contributed by atoms with Gasteiger partial charge in [-0.2, -0.15) is 5.26 Å². The zero-order chi connectivity index (χ0) is 14.7. The molecule has 0 heterocycles. The summed E-state index contributed by atoms with van der Waals surface area (Å²) in [5, 5.41) is 13.8. The second-order valence-electron chi connectivity index (χ2n) is 5.76. The van der Waals surface area contributed by atoms with Gasteiger partial charge in [-0.1, -0.05) is 49.4 Å². The number of unbranched alkanes of at least 4 members (excludes halogenated alkanes) is 1. The van der Waals surface area contributed by atoms with Crippen molar-refractivity contribution in [1.82, 2.24) is 0 Å². The molecule has 1 heteroatoms. The Kier molecular flexibility index (Phi) is 3.88. The summed E-state index contributed by atoms with van der Waals surface area (Å²) < 4.78 is 0. The van der Waals surface area contributed by atoms with E-state index in [0.717, 1.165) is 12.8 Å². The summed E-state index contributed by atoms with van der Waals surface area (Å²) in [7, 11) is 0. The third-order valence-electron chi connectivity index (χ3n) is 4.22. The Hall–Kier alpha value is -2.33. The maximum Gasteiger partial charge on any atom is 0.0621 e. The largest absolute Gasteiger partial charge is 0.198 e. The van der Waals surface area contributed by atoms with Gasteiger partial charge in [-0.25, -0.2) is 0 Å². The van der Waals surface area contributed by atoms with Crippen molar-refractivity contribution in [1.29, 1.82) is 5.26 Å². The summed E-state index contributed by atoms with van der Waals surface area (Å²) in [5.41, 5.74) is 1.37. The lowest BCUT2D eigenvalue weighted by Crippen LogP contribution is -1.93. The minimum atomic E-state index is 0.509. The van der Waals surface area contributed by atoms with Crippen LogP contribution in [0, 0.1) is 11.3 Å². The van der Waals surface area contributed by atoms with E-state index in [2.05, 4.69) is 67.6 Å². The molecule has 104 valence electrons. The molecule has 0 saturated heterocycles. The van der Waals surface area contributed by atoms with Gasteiger partial charge in [0.25, 0.3) is 0 Å². The summed E-state index contributed by atoms with van der Waals surface area (Å²) in [6.07, 6.45) is 2.71. The van der Waals surface area contributed by atoms with E-state index >= 15 is 0 Å². The summed E-state index contributed by atoms with van der Waals surface area (Å²) in [6, 6.07) is 22.0. The third-order valence-corrected chi connectivity index (χ3v) is 4.22. The normalized spacial score (nSPS) is 12.4. The number of benzene rings is 3. The summed E-state index contributed by atoms with van der Waals surface area (Å²) >= 11 is 0. The standard InChI is InChI=1S/C20H19N/c1-15(6-4-5-11-21)16-9-10-19-13-17-7-2-3-8-18(17)14-20(19)12-16/h2-3,7-10,12-15H,4-6H2,1H3. The zero-order valence-electron chi connectivity index (χ0n) is 12.3. The number of hydrogen-bond donors (Lipinski definition) is 0. The average Bonchev–Trinajstić information content (AvgIpc) is 2.52. The van der Waals surface area contributed by atoms with Crippen LogP contribution in [0.25, 0.3) is 21.5 Å². The van der Waals surface area contributed by atoms with Crippen LogP contribution in [0.15, 0.2) is 54.6 Å². The van der Waals surface area contributed by atoms with Gasteiger partial charge in [0.15, 0.2) is 0 Å². The van der Waals surface area contributed by atoms with Crippen molar-refractivity contribution in [3.8, 4) is 6.07 Å². The van der Waals surface area contributed by atoms with E-state index in [-0.39, 0.29) is 0 Å². The molecular weight excluding hydrogens is 254 g/mol. The number of rotatable bonds is 4. The number of nitrogens with zero attached hydrogens (tertiary/aromatic N) is 1. The maximum absolute atomic E-state index is 8.64. The van der Waals surface area contributed by atoms with Gasteiger partial charge >= 0.3 is 0 Å². The van der Waals surface area contributed by atoms with Crippen LogP contribution in [0.3, 0.4) is 0 Å². The van der Waals surface area contributed by atoms with Crippen LogP contribution in [-0.4, -0.2) is 0 Å². The summed E-state index contributed by atoms with van der Waals surface area (Å²) in [4.78, 5) is 0. The molecular formula is C20H19N. The quantitative estimate of drug-likeness (QED) is 0.436. The predicted octanol–water partition coefficient (Wildman–Crippen LogP) is 5.79. The van der Waals surface area contributed by atoms with Crippen LogP contribution in [0.5, 0.6) is 0 Å². The summed E-state index contributed by atoms with van der Waals surface area (Å²) in [6.45, 7) is 2.25. The van der Waals surface area contributed by atoms with E-state index in [4.69, 9.17) is 5.26 Å². The van der Waals surface area contributed by atoms with Crippen molar-refractivity contribution in [2.75, 3.05) is 0 Å². The zero-order valence-corrected chi connectivity index (χ0v) is 12.3. The maximum atomic E-state index is 8.64. The molecule has 0 amide bonds. The molecule has 0 saturated carbocycles. The molecule has 0 bridgehead atoms. The highest BCUT2D eigenvalue weighted by molar-refractivity contribution is 5.98. The van der Waals surface area contributed by atoms with Gasteiger partial charge in [-0.05, 0) is 58.0 Å². The Morgan fingerprint density at radius 1 is 0.905 bits per heavy atom. The molecule has 0 radical (unpaired) electrons. The van der Waals surface area contributed by atoms with Crippen LogP contribution in [0.4, 0.5) is 0 Å². The minimum absolute atomic E-state index is 0.509. The highest BCUT2D eigenvalue weighted by Gasteiger charge is 2.06. The highest BCUT2D eigenvalue weighted by Crippen LogP contribution is 2.28. The second kappa shape index (κ2) is 5.97. The Bertz CT molecular complexity index is 811. The summed E-state index contributed by atoms with van der Waals surface area (Å²) in [5.74, 6) is 0.509. The molecule has 0 spiro atoms. The Morgan fingerprint density at radius 3 is 2.29 bits per heavy atom. The molecule has 0 fully saturated rings. The molecule has 0 aliphatic rings. The van der Waals surface area contributed by atoms with E-state index in [1.807, 2.05) is 0 Å². The first-order chi connectivity index (χ1) is 10.3. The van der Waals surface area contributed by atoms with Gasteiger partial charge in [0.2, 0.25) is 0 Å². The molecule has 3 rings (SSSR count). The van der Waals surface area contributed by atoms with Crippen LogP contribution in [-0.2, 0) is 0 Å². The van der Waals surface area contributed by atoms with E-state index < -0.39 is 0 Å². The van der Waals surface area contributed by atoms with Crippen molar-refractivity contribution in [3.05, 3.63) is 60.2 Å². The molecule has 1 atom stereocenters. The van der Waals surface area contributed by atoms with Gasteiger partial charge in [-0.3, -0.25) is 0 Å². The van der Waals surface area contributed by atoms with Crippen LogP contribution < -0.4 is 0 Å². The number of nitriles is 1. The van der Waals surface area contributed by atoms with Gasteiger partial charge in [0, 0.05) is 6.42 Å². The fourth-order valence-electron chi connectivity index (χ4n) is 2.92. The molecule has 1 nitrogen and oxygen atoms in total. The predicted molar refractivity (Wildman–Crippen MR) is 89.3 cm³/mol. The highest BCUT2D eigenvalue weighted by atomic mass is 14.2. The first-order valence-corrected chi connectivity index (χ1v) is 7.57. The molecule has 3 aromatic carbocycles. The lowest BCUT2D eigenvalue weighted by Gasteiger charge is -2.12. The van der Waals surface area contributed by atoms with E-state index in [1.165, 1.54) is 27.1 Å². The topological polar surface area (TPSA) is 23.8 Å². The Balaban J connectivity index is 1.95. The van der Waals surface area contributed by atoms with E-state index in [9.17, 15) is 0 Å². The Labute approximate surface area is 125 Å².